The molecule has 1 unspecified atom stereocenters. The van der Waals surface area contributed by atoms with E-state index in [4.69, 9.17) is 9.97 Å². The first-order chi connectivity index (χ1) is 13.3. The van der Waals surface area contributed by atoms with E-state index in [1.54, 1.807) is 18.1 Å². The van der Waals surface area contributed by atoms with Crippen molar-refractivity contribution in [1.82, 2.24) is 24.8 Å². The van der Waals surface area contributed by atoms with Gasteiger partial charge in [0.25, 0.3) is 5.91 Å². The molecule has 2 aliphatic rings. The smallest absolute Gasteiger partial charge is 0.274 e. The average molecular weight is 380 g/mol. The number of aryl methyl sites for hydroxylation is 2. The molecule has 0 aliphatic carbocycles. The van der Waals surface area contributed by atoms with E-state index < -0.39 is 0 Å². The van der Waals surface area contributed by atoms with Gasteiger partial charge in [0.15, 0.2) is 0 Å². The lowest BCUT2D eigenvalue weighted by Crippen LogP contribution is -2.48. The van der Waals surface area contributed by atoms with Gasteiger partial charge in [-0.3, -0.25) is 19.5 Å². The van der Waals surface area contributed by atoms with E-state index in [2.05, 4.69) is 16.9 Å². The number of aromatic nitrogens is 4. The molecule has 0 radical (unpaired) electrons. The molecule has 2 amide bonds. The number of nitrogens with zero attached hydrogens (tertiary/aromatic N) is 6. The summed E-state index contributed by atoms with van der Waals surface area (Å²) in [7, 11) is 1.75. The fourth-order valence-electron chi connectivity index (χ4n) is 3.98. The lowest BCUT2D eigenvalue weighted by atomic mass is 9.80. The van der Waals surface area contributed by atoms with Crippen molar-refractivity contribution < 1.29 is 9.59 Å². The maximum absolute atomic E-state index is 12.9. The third-order valence-electron chi connectivity index (χ3n) is 5.74. The number of carbonyl (C=O) groups is 2. The summed E-state index contributed by atoms with van der Waals surface area (Å²) < 4.78 is 0. The number of fused-ring (bicyclic) bond motifs is 1. The number of anilines is 1. The van der Waals surface area contributed by atoms with E-state index in [-0.39, 0.29) is 17.2 Å². The van der Waals surface area contributed by atoms with Crippen LogP contribution in [0.25, 0.3) is 0 Å². The molecule has 146 valence electrons. The standard InChI is InChI=1S/C20H24N6O2/c1-12-9-22-15(10-21-12)18(28)26-7-5-6-20(3,11-26)19-23-13(2)14-8-16(27)25(4)17(14)24-19/h9-10H,5-8,11H2,1-4H3. The fraction of sp³-hybridized carbons (Fsp3) is 0.500. The van der Waals surface area contributed by atoms with Gasteiger partial charge in [-0.25, -0.2) is 15.0 Å². The van der Waals surface area contributed by atoms with Crippen LogP contribution in [-0.2, 0) is 16.6 Å². The van der Waals surface area contributed by atoms with Crippen LogP contribution >= 0.6 is 0 Å². The largest absolute Gasteiger partial charge is 0.336 e. The molecular weight excluding hydrogens is 356 g/mol. The van der Waals surface area contributed by atoms with Crippen LogP contribution in [0.15, 0.2) is 12.4 Å². The Labute approximate surface area is 164 Å². The van der Waals surface area contributed by atoms with E-state index in [1.165, 1.54) is 6.20 Å². The average Bonchev–Trinajstić information content (AvgIpc) is 2.97. The van der Waals surface area contributed by atoms with Crippen molar-refractivity contribution in [3.8, 4) is 0 Å². The quantitative estimate of drug-likeness (QED) is 0.786. The van der Waals surface area contributed by atoms with E-state index in [9.17, 15) is 9.59 Å². The zero-order valence-corrected chi connectivity index (χ0v) is 16.7. The first-order valence-electron chi connectivity index (χ1n) is 9.51. The highest BCUT2D eigenvalue weighted by Gasteiger charge is 2.39. The van der Waals surface area contributed by atoms with Crippen LogP contribution < -0.4 is 4.90 Å². The van der Waals surface area contributed by atoms with Crippen molar-refractivity contribution >= 4 is 17.6 Å². The summed E-state index contributed by atoms with van der Waals surface area (Å²) >= 11 is 0. The third-order valence-corrected chi connectivity index (χ3v) is 5.74. The molecule has 4 rings (SSSR count). The number of hydrogen-bond donors (Lipinski definition) is 0. The Morgan fingerprint density at radius 2 is 1.96 bits per heavy atom. The second-order valence-corrected chi connectivity index (χ2v) is 8.00. The predicted molar refractivity (Wildman–Crippen MR) is 103 cm³/mol. The normalized spacial score (nSPS) is 21.8. The van der Waals surface area contributed by atoms with Crippen LogP contribution in [0.3, 0.4) is 0 Å². The zero-order valence-electron chi connectivity index (χ0n) is 16.7. The highest BCUT2D eigenvalue weighted by Crippen LogP contribution is 2.36. The second-order valence-electron chi connectivity index (χ2n) is 8.00. The van der Waals surface area contributed by atoms with Gasteiger partial charge in [0, 0.05) is 43.0 Å². The van der Waals surface area contributed by atoms with Gasteiger partial charge in [-0.15, -0.1) is 0 Å². The zero-order chi connectivity index (χ0) is 20.1. The first kappa shape index (κ1) is 18.5. The highest BCUT2D eigenvalue weighted by atomic mass is 16.2. The molecule has 0 bridgehead atoms. The lowest BCUT2D eigenvalue weighted by Gasteiger charge is -2.39. The van der Waals surface area contributed by atoms with Crippen molar-refractivity contribution in [2.75, 3.05) is 25.0 Å². The van der Waals surface area contributed by atoms with Gasteiger partial charge in [0.1, 0.15) is 17.3 Å². The van der Waals surface area contributed by atoms with Gasteiger partial charge >= 0.3 is 0 Å². The molecule has 8 nitrogen and oxygen atoms in total. The molecule has 28 heavy (non-hydrogen) atoms. The van der Waals surface area contributed by atoms with Crippen molar-refractivity contribution in [2.24, 2.45) is 0 Å². The van der Waals surface area contributed by atoms with Crippen molar-refractivity contribution in [3.05, 3.63) is 40.9 Å². The maximum Gasteiger partial charge on any atom is 0.274 e. The monoisotopic (exact) mass is 380 g/mol. The van der Waals surface area contributed by atoms with Gasteiger partial charge in [-0.1, -0.05) is 6.92 Å². The Bertz CT molecular complexity index is 958. The number of likely N-dealkylation sites (tertiary alicyclic amines) is 1. The molecule has 0 spiro atoms. The molecule has 0 aromatic carbocycles. The molecule has 4 heterocycles. The Hall–Kier alpha value is -2.90. The SMILES string of the molecule is Cc1cnc(C(=O)N2CCCC(C)(c3nc(C)c4c(n3)N(C)C(=O)C4)C2)cn1. The van der Waals surface area contributed by atoms with Crippen molar-refractivity contribution in [1.29, 1.82) is 0 Å². The summed E-state index contributed by atoms with van der Waals surface area (Å²) in [5, 5.41) is 0. The summed E-state index contributed by atoms with van der Waals surface area (Å²) in [6.07, 6.45) is 5.23. The molecule has 0 N–H and O–H groups in total. The summed E-state index contributed by atoms with van der Waals surface area (Å²) in [5.74, 6) is 1.30. The number of amides is 2. The Balaban J connectivity index is 1.63. The van der Waals surface area contributed by atoms with Gasteiger partial charge < -0.3 is 4.90 Å². The topological polar surface area (TPSA) is 92.2 Å². The molecule has 0 saturated carbocycles. The van der Waals surface area contributed by atoms with Crippen molar-refractivity contribution in [2.45, 2.75) is 45.4 Å². The van der Waals surface area contributed by atoms with Crippen LogP contribution in [0.1, 0.15) is 53.0 Å². The summed E-state index contributed by atoms with van der Waals surface area (Å²) in [5.41, 5.74) is 2.50. The molecule has 1 fully saturated rings. The van der Waals surface area contributed by atoms with Crippen LogP contribution in [0.4, 0.5) is 5.82 Å². The third kappa shape index (κ3) is 3.02. The van der Waals surface area contributed by atoms with E-state index in [0.717, 1.165) is 29.8 Å². The van der Waals surface area contributed by atoms with Gasteiger partial charge in [-0.2, -0.15) is 0 Å². The van der Waals surface area contributed by atoms with Crippen LogP contribution in [-0.4, -0.2) is 56.8 Å². The predicted octanol–water partition coefficient (Wildman–Crippen LogP) is 1.60. The summed E-state index contributed by atoms with van der Waals surface area (Å²) in [4.78, 5) is 46.3. The molecule has 1 saturated heterocycles. The Kier molecular flexibility index (Phi) is 4.36. The maximum atomic E-state index is 12.9. The second kappa shape index (κ2) is 6.61. The Morgan fingerprint density at radius 3 is 2.68 bits per heavy atom. The number of carbonyl (C=O) groups excluding carboxylic acids is 2. The Morgan fingerprint density at radius 1 is 1.18 bits per heavy atom. The molecular formula is C20H24N6O2. The van der Waals surface area contributed by atoms with Crippen molar-refractivity contribution in [3.63, 3.8) is 0 Å². The molecule has 2 aliphatic heterocycles. The number of piperidine rings is 1. The van der Waals surface area contributed by atoms with Crippen LogP contribution in [0, 0.1) is 13.8 Å². The van der Waals surface area contributed by atoms with E-state index >= 15 is 0 Å². The minimum Gasteiger partial charge on any atom is -0.336 e. The number of rotatable bonds is 2. The summed E-state index contributed by atoms with van der Waals surface area (Å²) in [6, 6.07) is 0. The number of hydrogen-bond acceptors (Lipinski definition) is 6. The van der Waals surface area contributed by atoms with E-state index in [1.807, 2.05) is 18.7 Å². The lowest BCUT2D eigenvalue weighted by molar-refractivity contribution is -0.117. The fourth-order valence-corrected chi connectivity index (χ4v) is 3.98. The van der Waals surface area contributed by atoms with Gasteiger partial charge in [-0.05, 0) is 26.7 Å². The molecule has 2 aromatic rings. The molecule has 1 atom stereocenters. The molecule has 8 heteroatoms. The van der Waals surface area contributed by atoms with Gasteiger partial charge in [0.05, 0.1) is 18.3 Å². The minimum atomic E-state index is -0.377. The van der Waals surface area contributed by atoms with E-state index in [0.29, 0.717) is 36.8 Å². The highest BCUT2D eigenvalue weighted by molar-refractivity contribution is 6.00. The number of likely N-dealkylation sites (N-methyl/N-ethyl adjacent to an activating group) is 1. The first-order valence-corrected chi connectivity index (χ1v) is 9.51. The minimum absolute atomic E-state index is 0.0353. The summed E-state index contributed by atoms with van der Waals surface area (Å²) in [6.45, 7) is 7.04. The van der Waals surface area contributed by atoms with Crippen LogP contribution in [0.2, 0.25) is 0 Å². The molecule has 2 aromatic heterocycles. The van der Waals surface area contributed by atoms with Crippen LogP contribution in [0.5, 0.6) is 0 Å². The van der Waals surface area contributed by atoms with Gasteiger partial charge in [0.2, 0.25) is 5.91 Å².